The van der Waals surface area contributed by atoms with Crippen LogP contribution in [0.3, 0.4) is 0 Å². The van der Waals surface area contributed by atoms with Crippen LogP contribution in [0.25, 0.3) is 0 Å². The standard InChI is InChI=1S/C15H16BrNOS/c1-18-14-4-2-3-5-15(14)19-12-7-6-11(8-9-17)13(16)10-12/h2-7,10H,8-9,17H2,1H3. The summed E-state index contributed by atoms with van der Waals surface area (Å²) in [6.07, 6.45) is 0.889. The zero-order chi connectivity index (χ0) is 13.7. The highest BCUT2D eigenvalue weighted by atomic mass is 79.9. The van der Waals surface area contributed by atoms with Gasteiger partial charge in [0.05, 0.1) is 12.0 Å². The Morgan fingerprint density at radius 3 is 2.68 bits per heavy atom. The molecule has 0 heterocycles. The molecule has 0 radical (unpaired) electrons. The van der Waals surface area contributed by atoms with Crippen LogP contribution in [0, 0.1) is 0 Å². The van der Waals surface area contributed by atoms with Crippen LogP contribution in [-0.4, -0.2) is 13.7 Å². The lowest BCUT2D eigenvalue weighted by Crippen LogP contribution is -2.03. The molecule has 0 atom stereocenters. The molecule has 0 aliphatic carbocycles. The average molecular weight is 338 g/mol. The maximum Gasteiger partial charge on any atom is 0.132 e. The quantitative estimate of drug-likeness (QED) is 0.891. The molecule has 0 amide bonds. The molecule has 19 heavy (non-hydrogen) atoms. The van der Waals surface area contributed by atoms with E-state index < -0.39 is 0 Å². The Hall–Kier alpha value is -0.970. The normalized spacial score (nSPS) is 10.5. The maximum atomic E-state index is 5.59. The van der Waals surface area contributed by atoms with Crippen molar-refractivity contribution in [3.05, 3.63) is 52.5 Å². The van der Waals surface area contributed by atoms with Gasteiger partial charge in [0, 0.05) is 9.37 Å². The molecule has 2 nitrogen and oxygen atoms in total. The van der Waals surface area contributed by atoms with Crippen LogP contribution in [0.5, 0.6) is 5.75 Å². The van der Waals surface area contributed by atoms with Crippen molar-refractivity contribution in [1.29, 1.82) is 0 Å². The molecule has 2 aromatic carbocycles. The van der Waals surface area contributed by atoms with Gasteiger partial charge >= 0.3 is 0 Å². The van der Waals surface area contributed by atoms with E-state index in [1.165, 1.54) is 10.5 Å². The predicted octanol–water partition coefficient (Wildman–Crippen LogP) is 4.11. The fraction of sp³-hybridized carbons (Fsp3) is 0.200. The van der Waals surface area contributed by atoms with E-state index >= 15 is 0 Å². The second kappa shape index (κ2) is 6.98. The molecule has 0 aliphatic rings. The summed E-state index contributed by atoms with van der Waals surface area (Å²) in [6.45, 7) is 0.664. The van der Waals surface area contributed by atoms with E-state index in [4.69, 9.17) is 10.5 Å². The van der Waals surface area contributed by atoms with E-state index in [1.54, 1.807) is 18.9 Å². The van der Waals surface area contributed by atoms with E-state index in [0.717, 1.165) is 21.5 Å². The largest absolute Gasteiger partial charge is 0.496 e. The summed E-state index contributed by atoms with van der Waals surface area (Å²) >= 11 is 5.29. The predicted molar refractivity (Wildman–Crippen MR) is 84.0 cm³/mol. The second-order valence-corrected chi connectivity index (χ2v) is 6.01. The topological polar surface area (TPSA) is 35.2 Å². The number of rotatable bonds is 5. The number of methoxy groups -OCH3 is 1. The highest BCUT2D eigenvalue weighted by molar-refractivity contribution is 9.10. The van der Waals surface area contributed by atoms with Crippen LogP contribution in [0.4, 0.5) is 0 Å². The lowest BCUT2D eigenvalue weighted by Gasteiger charge is -2.09. The van der Waals surface area contributed by atoms with Crippen molar-refractivity contribution in [2.24, 2.45) is 5.73 Å². The van der Waals surface area contributed by atoms with Gasteiger partial charge in [-0.2, -0.15) is 0 Å². The Kier molecular flexibility index (Phi) is 5.31. The first-order chi connectivity index (χ1) is 9.24. The fourth-order valence-electron chi connectivity index (χ4n) is 1.78. The Morgan fingerprint density at radius 1 is 1.21 bits per heavy atom. The number of halogens is 1. The van der Waals surface area contributed by atoms with Crippen molar-refractivity contribution in [3.63, 3.8) is 0 Å². The Balaban J connectivity index is 2.21. The van der Waals surface area contributed by atoms with Gasteiger partial charge in [-0.05, 0) is 42.8 Å². The molecule has 2 N–H and O–H groups in total. The van der Waals surface area contributed by atoms with Gasteiger partial charge in [-0.25, -0.2) is 0 Å². The first kappa shape index (κ1) is 14.4. The Morgan fingerprint density at radius 2 is 2.00 bits per heavy atom. The van der Waals surface area contributed by atoms with E-state index in [0.29, 0.717) is 6.54 Å². The van der Waals surface area contributed by atoms with E-state index in [9.17, 15) is 0 Å². The third-order valence-corrected chi connectivity index (χ3v) is 4.52. The third kappa shape index (κ3) is 3.75. The van der Waals surface area contributed by atoms with Crippen molar-refractivity contribution in [1.82, 2.24) is 0 Å². The summed E-state index contributed by atoms with van der Waals surface area (Å²) in [5.41, 5.74) is 6.83. The number of hydrogen-bond donors (Lipinski definition) is 1. The average Bonchev–Trinajstić information content (AvgIpc) is 2.43. The first-order valence-corrected chi connectivity index (χ1v) is 7.65. The summed E-state index contributed by atoms with van der Waals surface area (Å²) in [5.74, 6) is 0.898. The van der Waals surface area contributed by atoms with E-state index in [1.807, 2.05) is 18.2 Å². The zero-order valence-electron chi connectivity index (χ0n) is 10.7. The second-order valence-electron chi connectivity index (χ2n) is 4.04. The first-order valence-electron chi connectivity index (χ1n) is 6.04. The molecule has 0 fully saturated rings. The van der Waals surface area contributed by atoms with Gasteiger partial charge in [0.15, 0.2) is 0 Å². The molecule has 100 valence electrons. The number of ether oxygens (including phenoxy) is 1. The van der Waals surface area contributed by atoms with Crippen molar-refractivity contribution >= 4 is 27.7 Å². The highest BCUT2D eigenvalue weighted by Gasteiger charge is 2.06. The molecule has 0 saturated heterocycles. The number of benzene rings is 2. The summed E-state index contributed by atoms with van der Waals surface area (Å²) in [4.78, 5) is 2.29. The van der Waals surface area contributed by atoms with Gasteiger partial charge in [0.25, 0.3) is 0 Å². The van der Waals surface area contributed by atoms with Gasteiger partial charge in [-0.15, -0.1) is 0 Å². The van der Waals surface area contributed by atoms with Crippen molar-refractivity contribution < 1.29 is 4.74 Å². The minimum Gasteiger partial charge on any atom is -0.496 e. The Labute approximate surface area is 126 Å². The van der Waals surface area contributed by atoms with Gasteiger partial charge in [-0.3, -0.25) is 0 Å². The molecule has 0 unspecified atom stereocenters. The Bertz CT molecular complexity index is 560. The van der Waals surface area contributed by atoms with Gasteiger partial charge in [0.2, 0.25) is 0 Å². The van der Waals surface area contributed by atoms with Crippen LogP contribution in [0.15, 0.2) is 56.7 Å². The number of para-hydroxylation sites is 1. The molecule has 0 aromatic heterocycles. The minimum atomic E-state index is 0.664. The lowest BCUT2D eigenvalue weighted by atomic mass is 10.1. The molecule has 2 aromatic rings. The summed E-state index contributed by atoms with van der Waals surface area (Å²) in [7, 11) is 1.69. The van der Waals surface area contributed by atoms with Crippen LogP contribution < -0.4 is 10.5 Å². The minimum absolute atomic E-state index is 0.664. The zero-order valence-corrected chi connectivity index (χ0v) is 13.1. The maximum absolute atomic E-state index is 5.59. The van der Waals surface area contributed by atoms with Crippen molar-refractivity contribution in [3.8, 4) is 5.75 Å². The molecule has 0 spiro atoms. The molecule has 0 aliphatic heterocycles. The molecule has 0 saturated carbocycles. The van der Waals surface area contributed by atoms with Gasteiger partial charge < -0.3 is 10.5 Å². The monoisotopic (exact) mass is 337 g/mol. The lowest BCUT2D eigenvalue weighted by molar-refractivity contribution is 0.405. The third-order valence-electron chi connectivity index (χ3n) is 2.74. The molecular weight excluding hydrogens is 322 g/mol. The SMILES string of the molecule is COc1ccccc1Sc1ccc(CCN)c(Br)c1. The molecule has 2 rings (SSSR count). The highest BCUT2D eigenvalue weighted by Crippen LogP contribution is 2.36. The smallest absolute Gasteiger partial charge is 0.132 e. The van der Waals surface area contributed by atoms with Crippen LogP contribution in [-0.2, 0) is 6.42 Å². The van der Waals surface area contributed by atoms with Gasteiger partial charge in [-0.1, -0.05) is 45.9 Å². The fourth-order valence-corrected chi connectivity index (χ4v) is 3.47. The van der Waals surface area contributed by atoms with Crippen molar-refractivity contribution in [2.75, 3.05) is 13.7 Å². The summed E-state index contributed by atoms with van der Waals surface area (Å²) < 4.78 is 6.47. The number of nitrogens with two attached hydrogens (primary N) is 1. The van der Waals surface area contributed by atoms with Crippen molar-refractivity contribution in [2.45, 2.75) is 16.2 Å². The number of hydrogen-bond acceptors (Lipinski definition) is 3. The molecule has 0 bridgehead atoms. The summed E-state index contributed by atoms with van der Waals surface area (Å²) in [6, 6.07) is 14.4. The van der Waals surface area contributed by atoms with E-state index in [2.05, 4.69) is 40.2 Å². The molecular formula is C15H16BrNOS. The van der Waals surface area contributed by atoms with Gasteiger partial charge in [0.1, 0.15) is 5.75 Å². The van der Waals surface area contributed by atoms with Crippen LogP contribution in [0.1, 0.15) is 5.56 Å². The van der Waals surface area contributed by atoms with Crippen LogP contribution in [0.2, 0.25) is 0 Å². The molecule has 4 heteroatoms. The summed E-state index contributed by atoms with van der Waals surface area (Å²) in [5, 5.41) is 0. The van der Waals surface area contributed by atoms with E-state index in [-0.39, 0.29) is 0 Å². The van der Waals surface area contributed by atoms with Crippen LogP contribution >= 0.6 is 27.7 Å².